The van der Waals surface area contributed by atoms with Gasteiger partial charge >= 0.3 is 0 Å². The van der Waals surface area contributed by atoms with Crippen LogP contribution in [0.4, 0.5) is 0 Å². The molecule has 0 aliphatic heterocycles. The summed E-state index contributed by atoms with van der Waals surface area (Å²) in [4.78, 5) is 4.38. The van der Waals surface area contributed by atoms with Crippen molar-refractivity contribution in [1.29, 1.82) is 0 Å². The van der Waals surface area contributed by atoms with E-state index in [-0.39, 0.29) is 0 Å². The number of alkyl halides is 1. The van der Waals surface area contributed by atoms with Crippen molar-refractivity contribution in [3.05, 3.63) is 64.8 Å². The summed E-state index contributed by atoms with van der Waals surface area (Å²) < 4.78 is 6.89. The Hall–Kier alpha value is -1.58. The van der Waals surface area contributed by atoms with E-state index in [9.17, 15) is 0 Å². The lowest BCUT2D eigenvalue weighted by molar-refractivity contribution is 0.469. The molecule has 0 amide bonds. The molecule has 0 atom stereocenters. The van der Waals surface area contributed by atoms with Crippen molar-refractivity contribution in [1.82, 2.24) is 4.98 Å². The number of benzene rings is 2. The highest BCUT2D eigenvalue weighted by Gasteiger charge is 2.08. The lowest BCUT2D eigenvalue weighted by atomic mass is 10.1. The van der Waals surface area contributed by atoms with Crippen LogP contribution < -0.4 is 4.74 Å². The summed E-state index contributed by atoms with van der Waals surface area (Å²) in [6, 6.07) is 15.6. The summed E-state index contributed by atoms with van der Waals surface area (Å²) in [5, 5.41) is 2.04. The van der Waals surface area contributed by atoms with Crippen molar-refractivity contribution in [3.63, 3.8) is 0 Å². The molecule has 0 aliphatic rings. The normalized spacial score (nSPS) is 10.7. The van der Waals surface area contributed by atoms with Crippen molar-refractivity contribution in [2.45, 2.75) is 5.88 Å². The minimum Gasteiger partial charge on any atom is -0.438 e. The first-order valence-corrected chi connectivity index (χ1v) is 7.46. The number of ether oxygens (including phenoxy) is 1. The quantitative estimate of drug-likeness (QED) is 0.581. The number of halogens is 2. The van der Waals surface area contributed by atoms with Gasteiger partial charge in [-0.2, -0.15) is 0 Å². The maximum Gasteiger partial charge on any atom is 0.227 e. The molecule has 2 nitrogen and oxygen atoms in total. The highest BCUT2D eigenvalue weighted by Crippen LogP contribution is 2.30. The lowest BCUT2D eigenvalue weighted by Crippen LogP contribution is -1.92. The molecule has 0 unspecified atom stereocenters. The summed E-state index contributed by atoms with van der Waals surface area (Å²) in [6.45, 7) is 0. The Labute approximate surface area is 130 Å². The third-order valence-corrected chi connectivity index (χ3v) is 3.83. The van der Waals surface area contributed by atoms with Crippen LogP contribution in [0.25, 0.3) is 10.8 Å². The second-order valence-corrected chi connectivity index (χ2v) is 5.51. The molecule has 4 heteroatoms. The zero-order valence-electron chi connectivity index (χ0n) is 10.5. The van der Waals surface area contributed by atoms with E-state index in [1.807, 2.05) is 48.5 Å². The SMILES string of the molecule is ClCc1cnc(Oc2ccc(Br)cc2)c2ccccc12. The van der Waals surface area contributed by atoms with E-state index in [2.05, 4.69) is 20.9 Å². The number of nitrogens with zero attached hydrogens (tertiary/aromatic N) is 1. The van der Waals surface area contributed by atoms with Gasteiger partial charge in [0, 0.05) is 21.9 Å². The van der Waals surface area contributed by atoms with Gasteiger partial charge in [-0.15, -0.1) is 11.6 Å². The molecule has 0 saturated carbocycles. The smallest absolute Gasteiger partial charge is 0.227 e. The van der Waals surface area contributed by atoms with E-state index >= 15 is 0 Å². The second-order valence-electron chi connectivity index (χ2n) is 4.32. The molecule has 0 radical (unpaired) electrons. The lowest BCUT2D eigenvalue weighted by Gasteiger charge is -2.10. The van der Waals surface area contributed by atoms with Gasteiger partial charge in [0.1, 0.15) is 5.75 Å². The van der Waals surface area contributed by atoms with Gasteiger partial charge in [-0.1, -0.05) is 34.1 Å². The highest BCUT2D eigenvalue weighted by molar-refractivity contribution is 9.10. The van der Waals surface area contributed by atoms with Crippen molar-refractivity contribution in [2.24, 2.45) is 0 Å². The molecule has 0 spiro atoms. The number of hydrogen-bond acceptors (Lipinski definition) is 2. The van der Waals surface area contributed by atoms with Crippen LogP contribution in [0.2, 0.25) is 0 Å². The van der Waals surface area contributed by atoms with E-state index in [1.165, 1.54) is 0 Å². The van der Waals surface area contributed by atoms with Gasteiger partial charge in [-0.05, 0) is 41.3 Å². The van der Waals surface area contributed by atoms with Crippen molar-refractivity contribution in [2.75, 3.05) is 0 Å². The van der Waals surface area contributed by atoms with Crippen LogP contribution in [0.15, 0.2) is 59.2 Å². The van der Waals surface area contributed by atoms with Crippen LogP contribution in [0.3, 0.4) is 0 Å². The minimum absolute atomic E-state index is 0.437. The largest absolute Gasteiger partial charge is 0.438 e. The van der Waals surface area contributed by atoms with Gasteiger partial charge in [-0.3, -0.25) is 0 Å². The van der Waals surface area contributed by atoms with Crippen LogP contribution in [-0.4, -0.2) is 4.98 Å². The first kappa shape index (κ1) is 13.4. The zero-order chi connectivity index (χ0) is 13.9. The van der Waals surface area contributed by atoms with E-state index in [0.29, 0.717) is 11.8 Å². The van der Waals surface area contributed by atoms with E-state index in [0.717, 1.165) is 26.6 Å². The second kappa shape index (κ2) is 5.81. The van der Waals surface area contributed by atoms with Gasteiger partial charge < -0.3 is 4.74 Å². The fourth-order valence-electron chi connectivity index (χ4n) is 2.03. The predicted molar refractivity (Wildman–Crippen MR) is 85.5 cm³/mol. The average Bonchev–Trinajstić information content (AvgIpc) is 2.50. The minimum atomic E-state index is 0.437. The molecular formula is C16H11BrClNO. The zero-order valence-corrected chi connectivity index (χ0v) is 12.9. The van der Waals surface area contributed by atoms with Gasteiger partial charge in [0.15, 0.2) is 0 Å². The van der Waals surface area contributed by atoms with Crippen LogP contribution in [0.1, 0.15) is 5.56 Å². The van der Waals surface area contributed by atoms with Crippen molar-refractivity contribution in [3.8, 4) is 11.6 Å². The number of pyridine rings is 1. The average molecular weight is 349 g/mol. The molecule has 20 heavy (non-hydrogen) atoms. The van der Waals surface area contributed by atoms with Crippen molar-refractivity contribution < 1.29 is 4.74 Å². The summed E-state index contributed by atoms with van der Waals surface area (Å²) in [5.41, 5.74) is 1.01. The van der Waals surface area contributed by atoms with Gasteiger partial charge in [0.25, 0.3) is 0 Å². The molecule has 0 bridgehead atoms. The third kappa shape index (κ3) is 2.65. The molecular weight excluding hydrogens is 338 g/mol. The number of hydrogen-bond donors (Lipinski definition) is 0. The Balaban J connectivity index is 2.06. The first-order chi connectivity index (χ1) is 9.78. The number of aromatic nitrogens is 1. The molecule has 2 aromatic carbocycles. The fraction of sp³-hybridized carbons (Fsp3) is 0.0625. The molecule has 0 saturated heterocycles. The Morgan fingerprint density at radius 2 is 1.70 bits per heavy atom. The topological polar surface area (TPSA) is 22.1 Å². The summed E-state index contributed by atoms with van der Waals surface area (Å²) in [6.07, 6.45) is 1.77. The highest BCUT2D eigenvalue weighted by atomic mass is 79.9. The Morgan fingerprint density at radius 1 is 1.00 bits per heavy atom. The number of rotatable bonds is 3. The summed E-state index contributed by atoms with van der Waals surface area (Å²) >= 11 is 9.35. The maximum atomic E-state index is 5.95. The van der Waals surface area contributed by atoms with E-state index in [1.54, 1.807) is 6.20 Å². The van der Waals surface area contributed by atoms with Crippen LogP contribution in [0, 0.1) is 0 Å². The molecule has 0 N–H and O–H groups in total. The molecule has 1 aromatic heterocycles. The molecule has 1 heterocycles. The van der Waals surface area contributed by atoms with Gasteiger partial charge in [0.2, 0.25) is 5.88 Å². The van der Waals surface area contributed by atoms with E-state index in [4.69, 9.17) is 16.3 Å². The summed E-state index contributed by atoms with van der Waals surface area (Å²) in [5.74, 6) is 1.78. The Kier molecular flexibility index (Phi) is 3.90. The molecule has 0 fully saturated rings. The molecule has 3 aromatic rings. The summed E-state index contributed by atoms with van der Waals surface area (Å²) in [7, 11) is 0. The van der Waals surface area contributed by atoms with E-state index < -0.39 is 0 Å². The van der Waals surface area contributed by atoms with Crippen LogP contribution >= 0.6 is 27.5 Å². The monoisotopic (exact) mass is 347 g/mol. The van der Waals surface area contributed by atoms with Crippen LogP contribution in [-0.2, 0) is 5.88 Å². The molecule has 3 rings (SSSR count). The van der Waals surface area contributed by atoms with Crippen LogP contribution in [0.5, 0.6) is 11.6 Å². The van der Waals surface area contributed by atoms with Gasteiger partial charge in [-0.25, -0.2) is 4.98 Å². The predicted octanol–water partition coefficient (Wildman–Crippen LogP) is 5.53. The fourth-order valence-corrected chi connectivity index (χ4v) is 2.50. The maximum absolute atomic E-state index is 5.95. The van der Waals surface area contributed by atoms with Crippen molar-refractivity contribution >= 4 is 38.3 Å². The Morgan fingerprint density at radius 3 is 2.40 bits per heavy atom. The first-order valence-electron chi connectivity index (χ1n) is 6.14. The third-order valence-electron chi connectivity index (χ3n) is 3.01. The Bertz CT molecular complexity index is 743. The molecule has 100 valence electrons. The van der Waals surface area contributed by atoms with Gasteiger partial charge in [0.05, 0.1) is 0 Å². The standard InChI is InChI=1S/C16H11BrClNO/c17-12-5-7-13(8-6-12)20-16-15-4-2-1-3-14(15)11(9-18)10-19-16/h1-8,10H,9H2. The molecule has 0 aliphatic carbocycles. The number of fused-ring (bicyclic) bond motifs is 1.